The van der Waals surface area contributed by atoms with Gasteiger partial charge in [0, 0.05) is 0 Å². The lowest BCUT2D eigenvalue weighted by Crippen LogP contribution is -2.49. The predicted octanol–water partition coefficient (Wildman–Crippen LogP) is 17.5. The van der Waals surface area contributed by atoms with Gasteiger partial charge in [-0.2, -0.15) is 0 Å². The molecule has 0 saturated carbocycles. The first-order chi connectivity index (χ1) is 30.6. The molecule has 5 nitrogen and oxygen atoms in total. The molecular formula is C57H113NO4. The lowest BCUT2D eigenvalue weighted by Gasteiger charge is -2.23. The van der Waals surface area contributed by atoms with Crippen LogP contribution in [0.3, 0.4) is 0 Å². The van der Waals surface area contributed by atoms with Crippen LogP contribution in [0.1, 0.15) is 322 Å². The molecule has 0 aromatic heterocycles. The number of unbranched alkanes of at least 4 members (excludes halogenated alkanes) is 43. The predicted molar refractivity (Wildman–Crippen MR) is 273 cm³/mol. The number of hydrogen-bond donors (Lipinski definition) is 4. The maximum Gasteiger partial charge on any atom is 0.249 e. The van der Waals surface area contributed by atoms with E-state index in [9.17, 15) is 20.1 Å². The van der Waals surface area contributed by atoms with Crippen molar-refractivity contribution < 1.29 is 20.1 Å². The zero-order valence-corrected chi connectivity index (χ0v) is 42.3. The molecule has 0 aliphatic rings. The van der Waals surface area contributed by atoms with E-state index in [1.165, 1.54) is 263 Å². The number of amides is 1. The molecule has 3 atom stereocenters. The summed E-state index contributed by atoms with van der Waals surface area (Å²) in [6, 6.07) is -0.707. The van der Waals surface area contributed by atoms with Gasteiger partial charge < -0.3 is 20.6 Å². The number of carbonyl (C=O) groups excluding carboxylic acids is 1. The Morgan fingerprint density at radius 3 is 0.887 bits per heavy atom. The van der Waals surface area contributed by atoms with E-state index >= 15 is 0 Å². The molecule has 0 fully saturated rings. The minimum atomic E-state index is -1.07. The van der Waals surface area contributed by atoms with Gasteiger partial charge in [-0.1, -0.05) is 296 Å². The minimum absolute atomic E-state index is 0.310. The maximum absolute atomic E-state index is 12.5. The molecule has 0 aliphatic heterocycles. The zero-order valence-electron chi connectivity index (χ0n) is 42.3. The SMILES string of the molecule is CCCCCCCCCCCCCCCCCCCC/C=C\CCCCCCCCCCCCCCCCCCC(O)C(=O)NC(CO)C(O)CCCCCCCCCCCC. The highest BCUT2D eigenvalue weighted by atomic mass is 16.3. The summed E-state index contributed by atoms with van der Waals surface area (Å²) in [6.45, 7) is 4.24. The normalized spacial score (nSPS) is 13.3. The monoisotopic (exact) mass is 876 g/mol. The Balaban J connectivity index is 3.39. The summed E-state index contributed by atoms with van der Waals surface area (Å²) in [5, 5.41) is 33.3. The van der Waals surface area contributed by atoms with Crippen molar-refractivity contribution in [1.29, 1.82) is 0 Å². The lowest BCUT2D eigenvalue weighted by atomic mass is 10.0. The van der Waals surface area contributed by atoms with Crippen molar-refractivity contribution in [2.45, 2.75) is 340 Å². The summed E-state index contributed by atoms with van der Waals surface area (Å²) in [6.07, 6.45) is 65.8. The quantitative estimate of drug-likeness (QED) is 0.0362. The van der Waals surface area contributed by atoms with E-state index in [1.807, 2.05) is 0 Å². The fourth-order valence-electron chi connectivity index (χ4n) is 9.19. The molecule has 62 heavy (non-hydrogen) atoms. The van der Waals surface area contributed by atoms with Crippen LogP contribution in [0.15, 0.2) is 12.2 Å². The number of carbonyl (C=O) groups is 1. The van der Waals surface area contributed by atoms with Gasteiger partial charge >= 0.3 is 0 Å². The largest absolute Gasteiger partial charge is 0.394 e. The Hall–Kier alpha value is -0.910. The van der Waals surface area contributed by atoms with Gasteiger partial charge in [0.2, 0.25) is 5.91 Å². The fourth-order valence-corrected chi connectivity index (χ4v) is 9.19. The summed E-state index contributed by atoms with van der Waals surface area (Å²) in [4.78, 5) is 12.5. The topological polar surface area (TPSA) is 89.8 Å². The molecule has 3 unspecified atom stereocenters. The first-order valence-corrected chi connectivity index (χ1v) is 28.5. The van der Waals surface area contributed by atoms with Crippen LogP contribution in [0.5, 0.6) is 0 Å². The van der Waals surface area contributed by atoms with Crippen molar-refractivity contribution in [3.05, 3.63) is 12.2 Å². The van der Waals surface area contributed by atoms with E-state index in [1.54, 1.807) is 0 Å². The van der Waals surface area contributed by atoms with Crippen LogP contribution in [0.4, 0.5) is 0 Å². The molecule has 0 aromatic rings. The first-order valence-electron chi connectivity index (χ1n) is 28.5. The van der Waals surface area contributed by atoms with Gasteiger partial charge in [-0.25, -0.2) is 0 Å². The van der Waals surface area contributed by atoms with Gasteiger partial charge in [-0.15, -0.1) is 0 Å². The second-order valence-corrected chi connectivity index (χ2v) is 19.9. The van der Waals surface area contributed by atoms with Crippen molar-refractivity contribution in [1.82, 2.24) is 5.32 Å². The van der Waals surface area contributed by atoms with E-state index in [4.69, 9.17) is 0 Å². The van der Waals surface area contributed by atoms with Gasteiger partial charge in [-0.05, 0) is 38.5 Å². The summed E-state index contributed by atoms with van der Waals surface area (Å²) in [5.74, 6) is -0.467. The summed E-state index contributed by atoms with van der Waals surface area (Å²) < 4.78 is 0. The molecule has 0 aliphatic carbocycles. The minimum Gasteiger partial charge on any atom is -0.394 e. The summed E-state index contributed by atoms with van der Waals surface area (Å²) >= 11 is 0. The summed E-state index contributed by atoms with van der Waals surface area (Å²) in [7, 11) is 0. The zero-order chi connectivity index (χ0) is 45.1. The van der Waals surface area contributed by atoms with Crippen LogP contribution in [-0.2, 0) is 4.79 Å². The van der Waals surface area contributed by atoms with Crippen LogP contribution in [0.25, 0.3) is 0 Å². The molecule has 0 aromatic carbocycles. The van der Waals surface area contributed by atoms with E-state index in [2.05, 4.69) is 31.3 Å². The number of nitrogens with one attached hydrogen (secondary N) is 1. The van der Waals surface area contributed by atoms with Crippen LogP contribution in [0.2, 0.25) is 0 Å². The number of hydrogen-bond acceptors (Lipinski definition) is 4. The molecule has 370 valence electrons. The second-order valence-electron chi connectivity index (χ2n) is 19.9. The maximum atomic E-state index is 12.5. The van der Waals surface area contributed by atoms with E-state index in [-0.39, 0.29) is 6.61 Å². The van der Waals surface area contributed by atoms with Crippen molar-refractivity contribution >= 4 is 5.91 Å². The molecule has 5 heteroatoms. The molecule has 0 saturated heterocycles. The highest BCUT2D eigenvalue weighted by Gasteiger charge is 2.23. The van der Waals surface area contributed by atoms with Gasteiger partial charge in [0.1, 0.15) is 6.10 Å². The average Bonchev–Trinajstić information content (AvgIpc) is 3.28. The van der Waals surface area contributed by atoms with Crippen LogP contribution in [-0.4, -0.2) is 46.1 Å². The molecule has 0 rings (SSSR count). The molecule has 4 N–H and O–H groups in total. The average molecular weight is 877 g/mol. The molecule has 0 heterocycles. The Morgan fingerprint density at radius 2 is 0.613 bits per heavy atom. The Labute approximate surface area is 389 Å². The van der Waals surface area contributed by atoms with E-state index < -0.39 is 24.2 Å². The van der Waals surface area contributed by atoms with Crippen LogP contribution in [0, 0.1) is 0 Å². The van der Waals surface area contributed by atoms with Gasteiger partial charge in [0.15, 0.2) is 0 Å². The number of rotatable bonds is 53. The smallest absolute Gasteiger partial charge is 0.249 e. The van der Waals surface area contributed by atoms with E-state index in [0.29, 0.717) is 12.8 Å². The second kappa shape index (κ2) is 52.7. The van der Waals surface area contributed by atoms with Crippen molar-refractivity contribution in [2.75, 3.05) is 6.61 Å². The third-order valence-corrected chi connectivity index (χ3v) is 13.6. The van der Waals surface area contributed by atoms with Crippen LogP contribution < -0.4 is 5.32 Å². The summed E-state index contributed by atoms with van der Waals surface area (Å²) in [5.41, 5.74) is 0. The van der Waals surface area contributed by atoms with Gasteiger partial charge in [0.25, 0.3) is 0 Å². The Bertz CT molecular complexity index is 879. The number of allylic oxidation sites excluding steroid dienone is 2. The molecule has 0 spiro atoms. The first kappa shape index (κ1) is 61.1. The fraction of sp³-hybridized carbons (Fsp3) is 0.947. The Kier molecular flexibility index (Phi) is 51.9. The standard InChI is InChI=1S/C57H113NO4/c1-3-5-7-9-11-13-15-16-17-18-19-20-21-22-23-24-25-26-27-28-29-30-31-32-33-34-35-36-37-38-39-40-41-42-44-46-48-50-52-56(61)57(62)58-54(53-59)55(60)51-49-47-45-43-14-12-10-8-6-4-2/h28-29,54-56,59-61H,3-27,30-53H2,1-2H3,(H,58,62)/b29-28-. The Morgan fingerprint density at radius 1 is 0.371 bits per heavy atom. The lowest BCUT2D eigenvalue weighted by molar-refractivity contribution is -0.131. The van der Waals surface area contributed by atoms with Gasteiger partial charge in [0.05, 0.1) is 18.8 Å². The molecule has 0 radical (unpaired) electrons. The number of aliphatic hydroxyl groups excluding tert-OH is 3. The van der Waals surface area contributed by atoms with Crippen molar-refractivity contribution in [3.63, 3.8) is 0 Å². The third kappa shape index (κ3) is 47.1. The molecular weight excluding hydrogens is 763 g/mol. The van der Waals surface area contributed by atoms with Crippen molar-refractivity contribution in [3.8, 4) is 0 Å². The van der Waals surface area contributed by atoms with Crippen LogP contribution >= 0.6 is 0 Å². The van der Waals surface area contributed by atoms with Crippen molar-refractivity contribution in [2.24, 2.45) is 0 Å². The highest BCUT2D eigenvalue weighted by Crippen LogP contribution is 2.18. The number of aliphatic hydroxyl groups is 3. The van der Waals surface area contributed by atoms with E-state index in [0.717, 1.165) is 32.1 Å². The van der Waals surface area contributed by atoms with Gasteiger partial charge in [-0.3, -0.25) is 4.79 Å². The highest BCUT2D eigenvalue weighted by molar-refractivity contribution is 5.80. The third-order valence-electron chi connectivity index (χ3n) is 13.6. The molecule has 0 bridgehead atoms. The molecule has 1 amide bonds.